The molecule has 10 heteroatoms. The fraction of sp³-hybridized carbons (Fsp3) is 0.200. The zero-order valence-corrected chi connectivity index (χ0v) is 15.7. The van der Waals surface area contributed by atoms with E-state index in [2.05, 4.69) is 20.6 Å². The molecule has 0 saturated heterocycles. The zero-order chi connectivity index (χ0) is 18.1. The van der Waals surface area contributed by atoms with E-state index in [1.54, 1.807) is 29.8 Å². The van der Waals surface area contributed by atoms with E-state index in [4.69, 9.17) is 23.7 Å². The molecule has 1 unspecified atom stereocenters. The summed E-state index contributed by atoms with van der Waals surface area (Å²) in [6.45, 7) is 0.555. The normalized spacial score (nSPS) is 11.4. The number of nitrogens with one attached hydrogen (secondary N) is 2. The Labute approximate surface area is 159 Å². The van der Waals surface area contributed by atoms with Crippen LogP contribution in [0.2, 0.25) is 0 Å². The number of nitrogens with two attached hydrogens (primary N) is 2. The number of thioether (sulfide) groups is 1. The lowest BCUT2D eigenvalue weighted by molar-refractivity contribution is 0.0976. The number of carbonyl (C=O) groups is 1. The van der Waals surface area contributed by atoms with Gasteiger partial charge < -0.3 is 16.8 Å². The van der Waals surface area contributed by atoms with Crippen LogP contribution in [0.25, 0.3) is 0 Å². The molecule has 1 aromatic heterocycles. The van der Waals surface area contributed by atoms with Crippen molar-refractivity contribution in [2.45, 2.75) is 5.37 Å². The highest BCUT2D eigenvalue weighted by atomic mass is 32.2. The summed E-state index contributed by atoms with van der Waals surface area (Å²) in [4.78, 5) is 20.4. The number of aromatic nitrogens is 1. The first kappa shape index (κ1) is 19.2. The van der Waals surface area contributed by atoms with E-state index in [1.807, 2.05) is 11.4 Å². The molecule has 1 atom stereocenters. The largest absolute Gasteiger partial charge is 0.370 e. The maximum Gasteiger partial charge on any atom is 0.257 e. The van der Waals surface area contributed by atoms with Gasteiger partial charge in [0.2, 0.25) is 0 Å². The van der Waals surface area contributed by atoms with Gasteiger partial charge in [0, 0.05) is 23.2 Å². The Morgan fingerprint density at radius 3 is 2.76 bits per heavy atom. The van der Waals surface area contributed by atoms with Crippen molar-refractivity contribution < 1.29 is 4.79 Å². The fourth-order valence-electron chi connectivity index (χ4n) is 1.81. The molecule has 0 fully saturated rings. The number of amides is 1. The number of hydrogen-bond acceptors (Lipinski definition) is 6. The number of nitrogens with zero attached hydrogens (tertiary/aromatic N) is 2. The molecule has 25 heavy (non-hydrogen) atoms. The molecule has 0 aliphatic heterocycles. The minimum atomic E-state index is -0.259. The highest BCUT2D eigenvalue weighted by Crippen LogP contribution is 2.29. The Kier molecular flexibility index (Phi) is 7.64. The third-order valence-electron chi connectivity index (χ3n) is 2.90. The predicted molar refractivity (Wildman–Crippen MR) is 108 cm³/mol. The quantitative estimate of drug-likeness (QED) is 0.243. The van der Waals surface area contributed by atoms with Gasteiger partial charge >= 0.3 is 0 Å². The lowest BCUT2D eigenvalue weighted by Crippen LogP contribution is -2.40. The molecular formula is C15H18N6OS3. The first-order valence-electron chi connectivity index (χ1n) is 7.29. The van der Waals surface area contributed by atoms with Crippen molar-refractivity contribution in [1.29, 1.82) is 0 Å². The van der Waals surface area contributed by atoms with E-state index in [0.717, 1.165) is 5.69 Å². The molecule has 1 heterocycles. The van der Waals surface area contributed by atoms with Crippen LogP contribution in [0.1, 0.15) is 21.4 Å². The van der Waals surface area contributed by atoms with Gasteiger partial charge in [0.1, 0.15) is 5.37 Å². The summed E-state index contributed by atoms with van der Waals surface area (Å²) < 4.78 is 0. The van der Waals surface area contributed by atoms with Crippen molar-refractivity contribution in [1.82, 2.24) is 15.6 Å². The second-order valence-corrected chi connectivity index (χ2v) is 7.08. The van der Waals surface area contributed by atoms with Gasteiger partial charge in [-0.3, -0.25) is 10.1 Å². The van der Waals surface area contributed by atoms with Crippen LogP contribution in [0.4, 0.5) is 0 Å². The fourth-order valence-corrected chi connectivity index (χ4v) is 3.60. The molecule has 7 nitrogen and oxygen atoms in total. The number of thiocarbonyl (C=S) groups is 1. The molecule has 132 valence electrons. The molecule has 0 bridgehead atoms. The summed E-state index contributed by atoms with van der Waals surface area (Å²) in [6.07, 6.45) is 0. The number of carbonyl (C=O) groups excluding carboxylic acids is 1. The van der Waals surface area contributed by atoms with E-state index in [-0.39, 0.29) is 22.4 Å². The van der Waals surface area contributed by atoms with Crippen LogP contribution in [0.3, 0.4) is 0 Å². The zero-order valence-electron chi connectivity index (χ0n) is 13.2. The molecule has 6 N–H and O–H groups in total. The van der Waals surface area contributed by atoms with Crippen molar-refractivity contribution in [3.63, 3.8) is 0 Å². The van der Waals surface area contributed by atoms with E-state index in [0.29, 0.717) is 17.9 Å². The molecule has 0 saturated carbocycles. The highest BCUT2D eigenvalue weighted by Gasteiger charge is 2.13. The predicted octanol–water partition coefficient (Wildman–Crippen LogP) is 1.45. The molecule has 2 aromatic rings. The molecule has 2 rings (SSSR count). The Bertz CT molecular complexity index is 716. The Hall–Kier alpha value is -2.17. The number of guanidine groups is 1. The van der Waals surface area contributed by atoms with Gasteiger partial charge in [-0.05, 0) is 24.4 Å². The average molecular weight is 395 g/mol. The van der Waals surface area contributed by atoms with Crippen LogP contribution >= 0.6 is 35.3 Å². The van der Waals surface area contributed by atoms with Crippen LogP contribution in [0, 0.1) is 0 Å². The number of benzene rings is 1. The molecule has 0 aliphatic carbocycles. The molecular weight excluding hydrogens is 376 g/mol. The molecule has 1 aromatic carbocycles. The topological polar surface area (TPSA) is 118 Å². The smallest absolute Gasteiger partial charge is 0.257 e. The van der Waals surface area contributed by atoms with E-state index in [1.165, 1.54) is 23.1 Å². The maximum absolute atomic E-state index is 12.0. The van der Waals surface area contributed by atoms with Crippen LogP contribution < -0.4 is 22.1 Å². The summed E-state index contributed by atoms with van der Waals surface area (Å²) in [6, 6.07) is 8.89. The van der Waals surface area contributed by atoms with Crippen molar-refractivity contribution >= 4 is 52.3 Å². The number of hydrogen-bond donors (Lipinski definition) is 4. The van der Waals surface area contributed by atoms with Gasteiger partial charge in [0.05, 0.1) is 11.2 Å². The standard InChI is InChI=1S/C15H18N6OS3/c16-14(17)21-13(11-8-24-9-19-11)25-7-6-18-15(23)20-12(22)10-4-2-1-3-5-10/h1-5,8-9,13H,6-7H2,(H4,16,17,21)(H2,18,20,22,23). The van der Waals surface area contributed by atoms with E-state index in [9.17, 15) is 4.79 Å². The van der Waals surface area contributed by atoms with E-state index >= 15 is 0 Å². The molecule has 0 aliphatic rings. The van der Waals surface area contributed by atoms with Crippen LogP contribution in [0.15, 0.2) is 46.2 Å². The summed E-state index contributed by atoms with van der Waals surface area (Å²) in [5, 5.41) is 7.55. The summed E-state index contributed by atoms with van der Waals surface area (Å²) in [7, 11) is 0. The van der Waals surface area contributed by atoms with Crippen LogP contribution in [-0.4, -0.2) is 34.3 Å². The summed E-state index contributed by atoms with van der Waals surface area (Å²) in [5.41, 5.74) is 14.0. The Morgan fingerprint density at radius 1 is 1.36 bits per heavy atom. The van der Waals surface area contributed by atoms with Crippen molar-refractivity contribution in [3.05, 3.63) is 52.5 Å². The second kappa shape index (κ2) is 9.97. The van der Waals surface area contributed by atoms with Crippen LogP contribution in [0.5, 0.6) is 0 Å². The Balaban J connectivity index is 1.75. The molecule has 0 radical (unpaired) electrons. The SMILES string of the molecule is NC(N)=NC(SCCNC(=S)NC(=O)c1ccccc1)c1cscn1. The van der Waals surface area contributed by atoms with Gasteiger partial charge in [-0.25, -0.2) is 9.98 Å². The third kappa shape index (κ3) is 6.69. The molecule has 1 amide bonds. The van der Waals surface area contributed by atoms with Gasteiger partial charge in [-0.2, -0.15) is 0 Å². The van der Waals surface area contributed by atoms with Crippen molar-refractivity contribution in [2.75, 3.05) is 12.3 Å². The van der Waals surface area contributed by atoms with Gasteiger partial charge in [0.15, 0.2) is 11.1 Å². The van der Waals surface area contributed by atoms with Crippen molar-refractivity contribution in [3.8, 4) is 0 Å². The number of rotatable bonds is 7. The second-order valence-electron chi connectivity index (χ2n) is 4.77. The highest BCUT2D eigenvalue weighted by molar-refractivity contribution is 7.99. The lowest BCUT2D eigenvalue weighted by Gasteiger charge is -2.12. The number of thiazole rings is 1. The molecule has 0 spiro atoms. The third-order valence-corrected chi connectivity index (χ3v) is 4.85. The average Bonchev–Trinajstić information content (AvgIpc) is 3.12. The maximum atomic E-state index is 12.0. The summed E-state index contributed by atoms with van der Waals surface area (Å²) >= 11 is 8.14. The monoisotopic (exact) mass is 394 g/mol. The van der Waals surface area contributed by atoms with Gasteiger partial charge in [-0.1, -0.05) is 18.2 Å². The summed E-state index contributed by atoms with van der Waals surface area (Å²) in [5.74, 6) is 0.455. The first-order valence-corrected chi connectivity index (χ1v) is 9.69. The van der Waals surface area contributed by atoms with Gasteiger partial charge in [0.25, 0.3) is 5.91 Å². The van der Waals surface area contributed by atoms with Crippen molar-refractivity contribution in [2.24, 2.45) is 16.5 Å². The lowest BCUT2D eigenvalue weighted by atomic mass is 10.2. The minimum absolute atomic E-state index is 0.0177. The van der Waals surface area contributed by atoms with Crippen LogP contribution in [-0.2, 0) is 0 Å². The Morgan fingerprint density at radius 2 is 2.12 bits per heavy atom. The van der Waals surface area contributed by atoms with E-state index < -0.39 is 0 Å². The minimum Gasteiger partial charge on any atom is -0.370 e. The number of aliphatic imine (C=N–C) groups is 1. The first-order chi connectivity index (χ1) is 12.1. The van der Waals surface area contributed by atoms with Gasteiger partial charge in [-0.15, -0.1) is 23.1 Å².